The molecule has 0 amide bonds. The molecular formula is C14H28. The van der Waals surface area contributed by atoms with Crippen LogP contribution in [-0.2, 0) is 0 Å². The maximum atomic E-state index is 2.42. The summed E-state index contributed by atoms with van der Waals surface area (Å²) in [6.45, 7) is 13.9. The van der Waals surface area contributed by atoms with Crippen LogP contribution in [0.2, 0.25) is 0 Å². The third-order valence-electron chi connectivity index (χ3n) is 3.16. The molecule has 0 heterocycles. The van der Waals surface area contributed by atoms with Crippen LogP contribution in [0.4, 0.5) is 0 Å². The summed E-state index contributed by atoms with van der Waals surface area (Å²) in [6.07, 6.45) is 6.17. The zero-order valence-corrected chi connectivity index (χ0v) is 10.9. The van der Waals surface area contributed by atoms with Gasteiger partial charge >= 0.3 is 0 Å². The van der Waals surface area contributed by atoms with Gasteiger partial charge in [0, 0.05) is 0 Å². The van der Waals surface area contributed by atoms with E-state index in [1.54, 1.807) is 5.57 Å². The average molecular weight is 196 g/mol. The lowest BCUT2D eigenvalue weighted by Crippen LogP contribution is -2.13. The number of rotatable bonds is 6. The van der Waals surface area contributed by atoms with E-state index in [0.717, 1.165) is 17.8 Å². The Hall–Kier alpha value is -0.260. The van der Waals surface area contributed by atoms with E-state index in [2.05, 4.69) is 47.6 Å². The Morgan fingerprint density at radius 3 is 2.00 bits per heavy atom. The van der Waals surface area contributed by atoms with Crippen molar-refractivity contribution < 1.29 is 0 Å². The molecule has 0 saturated carbocycles. The van der Waals surface area contributed by atoms with Crippen LogP contribution in [-0.4, -0.2) is 0 Å². The molecule has 14 heavy (non-hydrogen) atoms. The fourth-order valence-corrected chi connectivity index (χ4v) is 2.23. The van der Waals surface area contributed by atoms with Crippen LogP contribution in [0, 0.1) is 17.8 Å². The number of allylic oxidation sites excluding steroid dienone is 2. The molecule has 0 aromatic carbocycles. The molecule has 0 aliphatic carbocycles. The van der Waals surface area contributed by atoms with Crippen LogP contribution >= 0.6 is 0 Å². The first kappa shape index (κ1) is 13.7. The van der Waals surface area contributed by atoms with Crippen molar-refractivity contribution in [2.24, 2.45) is 17.8 Å². The quantitative estimate of drug-likeness (QED) is 0.521. The topological polar surface area (TPSA) is 0 Å². The van der Waals surface area contributed by atoms with Crippen LogP contribution in [0.3, 0.4) is 0 Å². The van der Waals surface area contributed by atoms with Gasteiger partial charge in [-0.05, 0) is 37.0 Å². The number of hydrogen-bond acceptors (Lipinski definition) is 0. The van der Waals surface area contributed by atoms with E-state index in [-0.39, 0.29) is 0 Å². The Morgan fingerprint density at radius 2 is 1.64 bits per heavy atom. The highest BCUT2D eigenvalue weighted by Crippen LogP contribution is 2.27. The lowest BCUT2D eigenvalue weighted by molar-refractivity contribution is 0.353. The monoisotopic (exact) mass is 196 g/mol. The van der Waals surface area contributed by atoms with Gasteiger partial charge in [0.1, 0.15) is 0 Å². The van der Waals surface area contributed by atoms with E-state index in [1.165, 1.54) is 19.3 Å². The van der Waals surface area contributed by atoms with Crippen molar-refractivity contribution in [2.45, 2.75) is 60.8 Å². The van der Waals surface area contributed by atoms with Crippen LogP contribution in [0.25, 0.3) is 0 Å². The fraction of sp³-hybridized carbons (Fsp3) is 0.857. The second kappa shape index (κ2) is 7.09. The van der Waals surface area contributed by atoms with E-state index in [1.807, 2.05) is 0 Å². The van der Waals surface area contributed by atoms with Gasteiger partial charge in [0.15, 0.2) is 0 Å². The number of hydrogen-bond donors (Lipinski definition) is 0. The SMILES string of the molecule is CCC=C(CC)C(C)C(C)CC(C)C. The molecule has 0 rings (SSSR count). The van der Waals surface area contributed by atoms with Gasteiger partial charge in [0.25, 0.3) is 0 Å². The highest BCUT2D eigenvalue weighted by atomic mass is 14.2. The van der Waals surface area contributed by atoms with Gasteiger partial charge in [-0.3, -0.25) is 0 Å². The highest BCUT2D eigenvalue weighted by molar-refractivity contribution is 5.06. The Morgan fingerprint density at radius 1 is 1.07 bits per heavy atom. The predicted octanol–water partition coefficient (Wildman–Crippen LogP) is 5.05. The molecule has 0 aromatic heterocycles. The molecule has 0 saturated heterocycles. The van der Waals surface area contributed by atoms with Gasteiger partial charge in [-0.15, -0.1) is 0 Å². The van der Waals surface area contributed by atoms with Crippen LogP contribution in [0.15, 0.2) is 11.6 Å². The van der Waals surface area contributed by atoms with Gasteiger partial charge in [-0.2, -0.15) is 0 Å². The summed E-state index contributed by atoms with van der Waals surface area (Å²) >= 11 is 0. The summed E-state index contributed by atoms with van der Waals surface area (Å²) in [5, 5.41) is 0. The summed E-state index contributed by atoms with van der Waals surface area (Å²) in [5.74, 6) is 2.42. The van der Waals surface area contributed by atoms with E-state index < -0.39 is 0 Å². The standard InChI is InChI=1S/C14H28/c1-7-9-14(8-2)13(6)12(5)10-11(3)4/h9,11-13H,7-8,10H2,1-6H3. The Bertz CT molecular complexity index is 165. The molecule has 2 unspecified atom stereocenters. The van der Waals surface area contributed by atoms with Gasteiger partial charge in [0.05, 0.1) is 0 Å². The normalized spacial score (nSPS) is 17.2. The Kier molecular flexibility index (Phi) is 6.96. The molecular weight excluding hydrogens is 168 g/mol. The minimum absolute atomic E-state index is 0.766. The smallest absolute Gasteiger partial charge is 0.0206 e. The highest BCUT2D eigenvalue weighted by Gasteiger charge is 2.16. The summed E-state index contributed by atoms with van der Waals surface area (Å²) in [4.78, 5) is 0. The van der Waals surface area contributed by atoms with Crippen molar-refractivity contribution in [3.63, 3.8) is 0 Å². The first-order chi connectivity index (χ1) is 6.52. The van der Waals surface area contributed by atoms with Gasteiger partial charge < -0.3 is 0 Å². The summed E-state index contributed by atoms with van der Waals surface area (Å²) in [5.41, 5.74) is 1.65. The molecule has 0 nitrogen and oxygen atoms in total. The van der Waals surface area contributed by atoms with Crippen molar-refractivity contribution in [1.29, 1.82) is 0 Å². The maximum Gasteiger partial charge on any atom is -0.0206 e. The molecule has 0 heteroatoms. The fourth-order valence-electron chi connectivity index (χ4n) is 2.23. The average Bonchev–Trinajstić information content (AvgIpc) is 2.12. The second-order valence-electron chi connectivity index (χ2n) is 4.94. The minimum Gasteiger partial charge on any atom is -0.0853 e. The molecule has 2 atom stereocenters. The summed E-state index contributed by atoms with van der Waals surface area (Å²) in [7, 11) is 0. The molecule has 84 valence electrons. The van der Waals surface area contributed by atoms with E-state index in [4.69, 9.17) is 0 Å². The third-order valence-corrected chi connectivity index (χ3v) is 3.16. The molecule has 0 aliphatic heterocycles. The van der Waals surface area contributed by atoms with Crippen molar-refractivity contribution in [2.75, 3.05) is 0 Å². The van der Waals surface area contributed by atoms with E-state index in [0.29, 0.717) is 0 Å². The molecule has 0 aliphatic rings. The second-order valence-corrected chi connectivity index (χ2v) is 4.94. The molecule has 0 N–H and O–H groups in total. The van der Waals surface area contributed by atoms with Gasteiger partial charge in [-0.1, -0.05) is 53.2 Å². The van der Waals surface area contributed by atoms with E-state index >= 15 is 0 Å². The maximum absolute atomic E-state index is 2.42. The molecule has 0 fully saturated rings. The van der Waals surface area contributed by atoms with Crippen LogP contribution in [0.1, 0.15) is 60.8 Å². The third kappa shape index (κ3) is 4.83. The molecule has 0 spiro atoms. The lowest BCUT2D eigenvalue weighted by atomic mass is 9.82. The summed E-state index contributed by atoms with van der Waals surface area (Å²) in [6, 6.07) is 0. The first-order valence-corrected chi connectivity index (χ1v) is 6.21. The van der Waals surface area contributed by atoms with Crippen molar-refractivity contribution >= 4 is 0 Å². The Labute approximate surface area is 90.8 Å². The molecule has 0 bridgehead atoms. The van der Waals surface area contributed by atoms with Gasteiger partial charge in [0.2, 0.25) is 0 Å². The minimum atomic E-state index is 0.766. The van der Waals surface area contributed by atoms with Crippen molar-refractivity contribution in [3.05, 3.63) is 11.6 Å². The lowest BCUT2D eigenvalue weighted by Gasteiger charge is -2.24. The van der Waals surface area contributed by atoms with Crippen molar-refractivity contribution in [3.8, 4) is 0 Å². The largest absolute Gasteiger partial charge is 0.0853 e. The first-order valence-electron chi connectivity index (χ1n) is 6.21. The predicted molar refractivity (Wildman–Crippen MR) is 66.4 cm³/mol. The zero-order chi connectivity index (χ0) is 11.1. The van der Waals surface area contributed by atoms with Crippen LogP contribution < -0.4 is 0 Å². The van der Waals surface area contributed by atoms with Crippen molar-refractivity contribution in [1.82, 2.24) is 0 Å². The summed E-state index contributed by atoms with van der Waals surface area (Å²) < 4.78 is 0. The zero-order valence-electron chi connectivity index (χ0n) is 10.9. The van der Waals surface area contributed by atoms with Gasteiger partial charge in [-0.25, -0.2) is 0 Å². The molecule has 0 radical (unpaired) electrons. The van der Waals surface area contributed by atoms with Crippen LogP contribution in [0.5, 0.6) is 0 Å². The molecule has 0 aromatic rings. The van der Waals surface area contributed by atoms with E-state index in [9.17, 15) is 0 Å². The Balaban J connectivity index is 4.26.